The second kappa shape index (κ2) is 9.67. The first-order valence-electron chi connectivity index (χ1n) is 9.13. The molecule has 0 aromatic heterocycles. The maximum absolute atomic E-state index is 13.0. The zero-order valence-electron chi connectivity index (χ0n) is 16.1. The Morgan fingerprint density at radius 3 is 2.00 bits per heavy atom. The molecule has 0 N–H and O–H groups in total. The molecule has 3 rings (SSSR count). The van der Waals surface area contributed by atoms with Crippen LogP contribution in [0.1, 0.15) is 27.0 Å². The van der Waals surface area contributed by atoms with Gasteiger partial charge in [0.2, 0.25) is 0 Å². The predicted octanol–water partition coefficient (Wildman–Crippen LogP) is 6.72. The molecule has 0 spiro atoms. The number of hydrogen-bond acceptors (Lipinski definition) is 3. The number of halogens is 3. The van der Waals surface area contributed by atoms with Crippen LogP contribution in [0.3, 0.4) is 0 Å². The Morgan fingerprint density at radius 2 is 1.50 bits per heavy atom. The van der Waals surface area contributed by atoms with E-state index in [2.05, 4.69) is 4.74 Å². The maximum Gasteiger partial charge on any atom is 0.416 e. The van der Waals surface area contributed by atoms with Gasteiger partial charge in [0.25, 0.3) is 0 Å². The summed E-state index contributed by atoms with van der Waals surface area (Å²) in [6.07, 6.45) is -2.52. The Labute approximate surface area is 177 Å². The highest BCUT2D eigenvalue weighted by Crippen LogP contribution is 2.34. The summed E-state index contributed by atoms with van der Waals surface area (Å²) in [6.45, 7) is 0. The lowest BCUT2D eigenvalue weighted by Crippen LogP contribution is -2.09. The Bertz CT molecular complexity index is 988. The minimum atomic E-state index is -4.53. The SMILES string of the molecule is COC(=O)c1cc(C(F)(F)F)ccc1SCC=C(c1ccccc1)c1ccccc1. The van der Waals surface area contributed by atoms with Crippen LogP contribution in [0.25, 0.3) is 5.57 Å². The molecule has 0 atom stereocenters. The third-order valence-electron chi connectivity index (χ3n) is 4.41. The van der Waals surface area contributed by atoms with Crippen molar-refractivity contribution < 1.29 is 22.7 Å². The van der Waals surface area contributed by atoms with E-state index in [4.69, 9.17) is 0 Å². The molecule has 0 aliphatic carbocycles. The van der Waals surface area contributed by atoms with E-state index in [1.165, 1.54) is 17.8 Å². The first-order valence-corrected chi connectivity index (χ1v) is 10.1. The van der Waals surface area contributed by atoms with Gasteiger partial charge in [-0.1, -0.05) is 66.7 Å². The minimum Gasteiger partial charge on any atom is -0.465 e. The summed E-state index contributed by atoms with van der Waals surface area (Å²) in [5.41, 5.74) is 2.11. The van der Waals surface area contributed by atoms with Crippen LogP contribution in [-0.4, -0.2) is 18.8 Å². The molecule has 3 aromatic rings. The van der Waals surface area contributed by atoms with Crippen molar-refractivity contribution in [2.75, 3.05) is 12.9 Å². The van der Waals surface area contributed by atoms with E-state index >= 15 is 0 Å². The van der Waals surface area contributed by atoms with Gasteiger partial charge in [-0.3, -0.25) is 0 Å². The lowest BCUT2D eigenvalue weighted by molar-refractivity contribution is -0.137. The van der Waals surface area contributed by atoms with Crippen molar-refractivity contribution >= 4 is 23.3 Å². The Hall–Kier alpha value is -2.99. The van der Waals surface area contributed by atoms with E-state index in [1.54, 1.807) is 0 Å². The lowest BCUT2D eigenvalue weighted by Gasteiger charge is -2.12. The summed E-state index contributed by atoms with van der Waals surface area (Å²) in [5.74, 6) is -0.326. The third-order valence-corrected chi connectivity index (χ3v) is 5.41. The van der Waals surface area contributed by atoms with Crippen LogP contribution in [0.15, 0.2) is 89.8 Å². The second-order valence-corrected chi connectivity index (χ2v) is 7.42. The Kier molecular flexibility index (Phi) is 7.00. The quantitative estimate of drug-likeness (QED) is 0.322. The summed E-state index contributed by atoms with van der Waals surface area (Å²) in [4.78, 5) is 12.5. The topological polar surface area (TPSA) is 26.3 Å². The van der Waals surface area contributed by atoms with Gasteiger partial charge in [-0.2, -0.15) is 13.2 Å². The minimum absolute atomic E-state index is 0.0910. The summed E-state index contributed by atoms with van der Waals surface area (Å²) < 4.78 is 43.8. The van der Waals surface area contributed by atoms with Crippen LogP contribution >= 0.6 is 11.8 Å². The number of rotatable bonds is 6. The zero-order chi connectivity index (χ0) is 21.6. The van der Waals surface area contributed by atoms with E-state index < -0.39 is 17.7 Å². The van der Waals surface area contributed by atoms with Crippen LogP contribution in [0, 0.1) is 0 Å². The van der Waals surface area contributed by atoms with Crippen molar-refractivity contribution in [2.45, 2.75) is 11.1 Å². The highest BCUT2D eigenvalue weighted by Gasteiger charge is 2.32. The van der Waals surface area contributed by atoms with Gasteiger partial charge >= 0.3 is 12.1 Å². The first kappa shape index (κ1) is 21.7. The fourth-order valence-corrected chi connectivity index (χ4v) is 3.85. The van der Waals surface area contributed by atoms with Gasteiger partial charge in [-0.05, 0) is 34.9 Å². The molecule has 0 amide bonds. The Morgan fingerprint density at radius 1 is 0.933 bits per heavy atom. The van der Waals surface area contributed by atoms with Crippen molar-refractivity contribution in [1.82, 2.24) is 0 Å². The number of ether oxygens (including phenoxy) is 1. The van der Waals surface area contributed by atoms with Crippen molar-refractivity contribution in [1.29, 1.82) is 0 Å². The maximum atomic E-state index is 13.0. The van der Waals surface area contributed by atoms with E-state index in [-0.39, 0.29) is 5.56 Å². The van der Waals surface area contributed by atoms with E-state index in [9.17, 15) is 18.0 Å². The number of carbonyl (C=O) groups excluding carboxylic acids is 1. The van der Waals surface area contributed by atoms with Crippen LogP contribution in [0.2, 0.25) is 0 Å². The summed E-state index contributed by atoms with van der Waals surface area (Å²) in [6, 6.07) is 22.8. The molecule has 0 saturated carbocycles. The number of hydrogen-bond donors (Lipinski definition) is 0. The van der Waals surface area contributed by atoms with Crippen molar-refractivity contribution in [3.05, 3.63) is 107 Å². The van der Waals surface area contributed by atoms with Crippen molar-refractivity contribution in [2.24, 2.45) is 0 Å². The normalized spacial score (nSPS) is 11.1. The number of benzene rings is 3. The standard InChI is InChI=1S/C24H19F3O2S/c1-29-23(28)21-16-19(24(25,26)27)12-13-22(21)30-15-14-20(17-8-4-2-5-9-17)18-10-6-3-7-11-18/h2-14,16H,15H2,1H3. The third kappa shape index (κ3) is 5.33. The number of esters is 1. The van der Waals surface area contributed by atoms with Crippen LogP contribution < -0.4 is 0 Å². The molecule has 0 unspecified atom stereocenters. The number of methoxy groups -OCH3 is 1. The molecule has 3 aromatic carbocycles. The molecule has 154 valence electrons. The first-order chi connectivity index (χ1) is 14.4. The van der Waals surface area contributed by atoms with Gasteiger partial charge in [0.15, 0.2) is 0 Å². The monoisotopic (exact) mass is 428 g/mol. The molecule has 0 aliphatic rings. The van der Waals surface area contributed by atoms with Gasteiger partial charge in [-0.25, -0.2) is 4.79 Å². The van der Waals surface area contributed by atoms with Gasteiger partial charge in [0.05, 0.1) is 18.2 Å². The van der Waals surface area contributed by atoms with Crippen LogP contribution in [-0.2, 0) is 10.9 Å². The molecular weight excluding hydrogens is 409 g/mol. The summed E-state index contributed by atoms with van der Waals surface area (Å²) in [5, 5.41) is 0. The number of carbonyl (C=O) groups is 1. The highest BCUT2D eigenvalue weighted by molar-refractivity contribution is 7.99. The highest BCUT2D eigenvalue weighted by atomic mass is 32.2. The van der Waals surface area contributed by atoms with Crippen LogP contribution in [0.4, 0.5) is 13.2 Å². The van der Waals surface area contributed by atoms with Crippen molar-refractivity contribution in [3.8, 4) is 0 Å². The largest absolute Gasteiger partial charge is 0.465 e. The molecule has 30 heavy (non-hydrogen) atoms. The van der Waals surface area contributed by atoms with Crippen molar-refractivity contribution in [3.63, 3.8) is 0 Å². The van der Waals surface area contributed by atoms with Gasteiger partial charge in [-0.15, -0.1) is 11.8 Å². The Balaban J connectivity index is 1.90. The molecule has 6 heteroatoms. The smallest absolute Gasteiger partial charge is 0.416 e. The lowest BCUT2D eigenvalue weighted by atomic mass is 9.98. The summed E-state index contributed by atoms with van der Waals surface area (Å²) in [7, 11) is 1.15. The molecule has 2 nitrogen and oxygen atoms in total. The molecule has 0 aliphatic heterocycles. The molecular formula is C24H19F3O2S. The van der Waals surface area contributed by atoms with Gasteiger partial charge < -0.3 is 4.74 Å². The number of thioether (sulfide) groups is 1. The predicted molar refractivity (Wildman–Crippen MR) is 113 cm³/mol. The van der Waals surface area contributed by atoms with Gasteiger partial charge in [0, 0.05) is 10.6 Å². The molecule has 0 heterocycles. The molecule has 0 bridgehead atoms. The van der Waals surface area contributed by atoms with E-state index in [0.29, 0.717) is 10.6 Å². The average Bonchev–Trinajstić information content (AvgIpc) is 2.76. The fourth-order valence-electron chi connectivity index (χ4n) is 2.95. The van der Waals surface area contributed by atoms with Gasteiger partial charge in [0.1, 0.15) is 0 Å². The molecule has 0 fully saturated rings. The number of alkyl halides is 3. The molecule has 0 radical (unpaired) electrons. The van der Waals surface area contributed by atoms with Crippen LogP contribution in [0.5, 0.6) is 0 Å². The van der Waals surface area contributed by atoms with E-state index in [0.717, 1.165) is 35.9 Å². The fraction of sp³-hybridized carbons (Fsp3) is 0.125. The summed E-state index contributed by atoms with van der Waals surface area (Å²) >= 11 is 1.28. The second-order valence-electron chi connectivity index (χ2n) is 6.36. The van der Waals surface area contributed by atoms with E-state index in [1.807, 2.05) is 66.7 Å². The zero-order valence-corrected chi connectivity index (χ0v) is 17.0. The molecule has 0 saturated heterocycles. The average molecular weight is 428 g/mol.